The first-order chi connectivity index (χ1) is 17.2. The van der Waals surface area contributed by atoms with Gasteiger partial charge in [0.2, 0.25) is 0 Å². The minimum absolute atomic E-state index is 0.145. The Kier molecular flexibility index (Phi) is 8.30. The van der Waals surface area contributed by atoms with E-state index in [1.54, 1.807) is 12.1 Å². The smallest absolute Gasteiger partial charge is 0.301 e. The topological polar surface area (TPSA) is 67.2 Å². The van der Waals surface area contributed by atoms with Crippen molar-refractivity contribution in [3.63, 3.8) is 0 Å². The highest BCUT2D eigenvalue weighted by Gasteiger charge is 2.31. The number of alkyl halides is 3. The van der Waals surface area contributed by atoms with E-state index >= 15 is 0 Å². The molecule has 0 aliphatic rings. The van der Waals surface area contributed by atoms with Crippen LogP contribution in [0.25, 0.3) is 11.3 Å². The van der Waals surface area contributed by atoms with Crippen LogP contribution >= 0.6 is 46.5 Å². The van der Waals surface area contributed by atoms with Crippen LogP contribution in [0.1, 0.15) is 21.5 Å². The van der Waals surface area contributed by atoms with Crippen LogP contribution in [0.4, 0.5) is 18.9 Å². The lowest BCUT2D eigenvalue weighted by Gasteiger charge is -2.11. The molecule has 184 valence electrons. The van der Waals surface area contributed by atoms with Crippen molar-refractivity contribution in [1.82, 2.24) is 14.9 Å². The number of hydrogen-bond donors (Lipinski definition) is 1. The molecule has 5 nitrogen and oxygen atoms in total. The number of hydrogen-bond acceptors (Lipinski definition) is 6. The van der Waals surface area contributed by atoms with Crippen LogP contribution in [0.2, 0.25) is 10.0 Å². The monoisotopic (exact) mass is 566 g/mol. The summed E-state index contributed by atoms with van der Waals surface area (Å²) in [4.78, 5) is 17.2. The number of benzene rings is 3. The van der Waals surface area contributed by atoms with Crippen LogP contribution in [-0.2, 0) is 11.9 Å². The number of aliphatic imine (C=N–C) groups is 1. The van der Waals surface area contributed by atoms with Gasteiger partial charge in [0, 0.05) is 22.3 Å². The normalized spacial score (nSPS) is 12.0. The molecule has 0 saturated carbocycles. The van der Waals surface area contributed by atoms with Gasteiger partial charge in [-0.3, -0.25) is 4.79 Å². The van der Waals surface area contributed by atoms with Crippen LogP contribution in [0.3, 0.4) is 0 Å². The molecule has 0 saturated heterocycles. The molecule has 36 heavy (non-hydrogen) atoms. The molecule has 1 aromatic heterocycles. The Morgan fingerprint density at radius 2 is 1.81 bits per heavy atom. The predicted molar refractivity (Wildman–Crippen MR) is 139 cm³/mol. The average molecular weight is 567 g/mol. The quantitative estimate of drug-likeness (QED) is 0.197. The number of carbonyl (C=O) groups is 1. The summed E-state index contributed by atoms with van der Waals surface area (Å²) in [5.41, 5.74) is 1.98. The average Bonchev–Trinajstić information content (AvgIpc) is 3.40. The van der Waals surface area contributed by atoms with E-state index in [0.717, 1.165) is 29.0 Å². The number of amidine groups is 1. The number of halogens is 5. The summed E-state index contributed by atoms with van der Waals surface area (Å²) >= 11 is 14.5. The first-order valence-corrected chi connectivity index (χ1v) is 12.8. The molecule has 4 rings (SSSR count). The molecule has 0 bridgehead atoms. The van der Waals surface area contributed by atoms with E-state index in [1.165, 1.54) is 41.5 Å². The lowest BCUT2D eigenvalue weighted by Crippen LogP contribution is -2.28. The maximum atomic E-state index is 13.1. The largest absolute Gasteiger partial charge is 0.416 e. The van der Waals surface area contributed by atoms with Gasteiger partial charge in [-0.25, -0.2) is 4.99 Å². The molecule has 4 aromatic rings. The van der Waals surface area contributed by atoms with Crippen molar-refractivity contribution < 1.29 is 18.0 Å². The number of nitrogens with zero attached hydrogens (tertiary/aromatic N) is 3. The number of amides is 1. The summed E-state index contributed by atoms with van der Waals surface area (Å²) in [5, 5.41) is 9.30. The maximum Gasteiger partial charge on any atom is 0.416 e. The summed E-state index contributed by atoms with van der Waals surface area (Å²) in [6, 6.07) is 16.5. The fourth-order valence-corrected chi connectivity index (χ4v) is 4.58. The molecule has 0 unspecified atom stereocenters. The van der Waals surface area contributed by atoms with Gasteiger partial charge in [0.25, 0.3) is 5.91 Å². The van der Waals surface area contributed by atoms with E-state index < -0.39 is 17.6 Å². The molecule has 0 spiro atoms. The van der Waals surface area contributed by atoms with Crippen LogP contribution in [-0.4, -0.2) is 20.7 Å². The van der Waals surface area contributed by atoms with Gasteiger partial charge in [0.05, 0.1) is 21.3 Å². The van der Waals surface area contributed by atoms with Gasteiger partial charge in [0.15, 0.2) is 5.17 Å². The highest BCUT2D eigenvalue weighted by Crippen LogP contribution is 2.30. The zero-order valence-corrected chi connectivity index (χ0v) is 21.2. The van der Waals surface area contributed by atoms with Crippen LogP contribution in [0, 0.1) is 0 Å². The second kappa shape index (κ2) is 11.4. The Balaban J connectivity index is 1.55. The van der Waals surface area contributed by atoms with Crippen molar-refractivity contribution in [3.05, 3.63) is 98.8 Å². The van der Waals surface area contributed by atoms with Gasteiger partial charge >= 0.3 is 6.18 Å². The third-order valence-electron chi connectivity index (χ3n) is 4.79. The zero-order chi connectivity index (χ0) is 25.7. The first kappa shape index (κ1) is 26.2. The highest BCUT2D eigenvalue weighted by molar-refractivity contribution is 8.13. The van der Waals surface area contributed by atoms with E-state index in [1.807, 2.05) is 29.6 Å². The fourth-order valence-electron chi connectivity index (χ4n) is 2.99. The van der Waals surface area contributed by atoms with Gasteiger partial charge in [-0.2, -0.15) is 13.2 Å². The molecular formula is C24H15Cl2F3N4OS2. The minimum Gasteiger partial charge on any atom is -0.301 e. The van der Waals surface area contributed by atoms with Gasteiger partial charge in [-0.1, -0.05) is 69.8 Å². The fraction of sp³-hybridized carbons (Fsp3) is 0.0833. The Labute approximate surface area is 222 Å². The zero-order valence-electron chi connectivity index (χ0n) is 18.1. The molecule has 1 heterocycles. The number of thioether (sulfide) groups is 1. The third-order valence-corrected chi connectivity index (χ3v) is 6.98. The molecule has 12 heteroatoms. The van der Waals surface area contributed by atoms with Crippen LogP contribution in [0.5, 0.6) is 0 Å². The number of aromatic nitrogens is 2. The van der Waals surface area contributed by atoms with E-state index in [9.17, 15) is 18.0 Å². The molecular weight excluding hydrogens is 552 g/mol. The molecule has 0 aliphatic carbocycles. The second-order valence-corrected chi connectivity index (χ2v) is 9.71. The van der Waals surface area contributed by atoms with Crippen LogP contribution in [0.15, 0.2) is 77.1 Å². The summed E-state index contributed by atoms with van der Waals surface area (Å²) in [6.45, 7) is 0. The Morgan fingerprint density at radius 1 is 1.03 bits per heavy atom. The maximum absolute atomic E-state index is 13.1. The second-order valence-electron chi connectivity index (χ2n) is 7.32. The van der Waals surface area contributed by atoms with Crippen molar-refractivity contribution >= 4 is 63.3 Å². The summed E-state index contributed by atoms with van der Waals surface area (Å²) in [5.74, 6) is -0.294. The molecule has 0 aliphatic heterocycles. The SMILES string of the molecule is O=C(NC(=Nc1ccc(Cl)c(Cl)c1)SCc1ccc(-c2csnn2)cc1)c1cccc(C(F)(F)F)c1. The molecule has 1 N–H and O–H groups in total. The minimum atomic E-state index is -4.57. The summed E-state index contributed by atoms with van der Waals surface area (Å²) < 4.78 is 43.1. The molecule has 1 amide bonds. The van der Waals surface area contributed by atoms with Crippen molar-refractivity contribution in [1.29, 1.82) is 0 Å². The van der Waals surface area contributed by atoms with E-state index in [4.69, 9.17) is 23.2 Å². The number of carbonyl (C=O) groups excluding carboxylic acids is 1. The highest BCUT2D eigenvalue weighted by atomic mass is 35.5. The lowest BCUT2D eigenvalue weighted by molar-refractivity contribution is -0.137. The lowest BCUT2D eigenvalue weighted by atomic mass is 10.1. The van der Waals surface area contributed by atoms with Gasteiger partial charge in [-0.05, 0) is 53.5 Å². The third kappa shape index (κ3) is 6.85. The van der Waals surface area contributed by atoms with Gasteiger partial charge in [0.1, 0.15) is 5.69 Å². The van der Waals surface area contributed by atoms with Gasteiger partial charge in [-0.15, -0.1) is 5.10 Å². The Morgan fingerprint density at radius 3 is 2.47 bits per heavy atom. The summed E-state index contributed by atoms with van der Waals surface area (Å²) in [6.07, 6.45) is -4.57. The standard InChI is InChI=1S/C24H15Cl2F3N4OS2/c25-19-9-8-18(11-20(19)26)30-23(31-22(34)16-2-1-3-17(10-16)24(27,28)29)35-12-14-4-6-15(7-5-14)21-13-36-33-32-21/h1-11,13H,12H2,(H,30,31,34). The van der Waals surface area contributed by atoms with E-state index in [-0.39, 0.29) is 15.8 Å². The number of rotatable bonds is 5. The Hall–Kier alpha value is -2.92. The molecule has 0 atom stereocenters. The van der Waals surface area contributed by atoms with Gasteiger partial charge < -0.3 is 5.32 Å². The molecule has 0 radical (unpaired) electrons. The number of nitrogens with one attached hydrogen (secondary N) is 1. The summed E-state index contributed by atoms with van der Waals surface area (Å²) in [7, 11) is 0. The van der Waals surface area contributed by atoms with Crippen molar-refractivity contribution in [2.45, 2.75) is 11.9 Å². The Bertz CT molecular complexity index is 1400. The van der Waals surface area contributed by atoms with Crippen molar-refractivity contribution in [3.8, 4) is 11.3 Å². The van der Waals surface area contributed by atoms with Crippen LogP contribution < -0.4 is 5.32 Å². The molecule has 3 aromatic carbocycles. The van der Waals surface area contributed by atoms with E-state index in [2.05, 4.69) is 19.9 Å². The van der Waals surface area contributed by atoms with Crippen molar-refractivity contribution in [2.24, 2.45) is 4.99 Å². The predicted octanol–water partition coefficient (Wildman–Crippen LogP) is 7.88. The van der Waals surface area contributed by atoms with Crippen molar-refractivity contribution in [2.75, 3.05) is 0 Å². The molecule has 0 fully saturated rings. The van der Waals surface area contributed by atoms with E-state index in [0.29, 0.717) is 16.5 Å². The first-order valence-electron chi connectivity index (χ1n) is 10.2.